The molecule has 0 spiro atoms. The van der Waals surface area contributed by atoms with E-state index in [2.05, 4.69) is 15.8 Å². The van der Waals surface area contributed by atoms with Crippen LogP contribution in [0.3, 0.4) is 0 Å². The van der Waals surface area contributed by atoms with Gasteiger partial charge < -0.3 is 24.8 Å². The molecule has 234 valence electrons. The Labute approximate surface area is 272 Å². The van der Waals surface area contributed by atoms with Crippen molar-refractivity contribution in [2.45, 2.75) is 58.0 Å². The summed E-state index contributed by atoms with van der Waals surface area (Å²) in [5, 5.41) is 10.5. The molecule has 1 atom stereocenters. The molecule has 43 heavy (non-hydrogen) atoms. The third-order valence-corrected chi connectivity index (χ3v) is 6.98. The number of halogens is 4. The molecule has 3 aromatic rings. The molecular formula is C30H36Cl4N4O5. The summed E-state index contributed by atoms with van der Waals surface area (Å²) in [5.41, 5.74) is 1.48. The number of rotatable bonds is 9. The van der Waals surface area contributed by atoms with E-state index in [0.717, 1.165) is 15.6 Å². The quantitative estimate of drug-likeness (QED) is 0.228. The number of carbonyl (C=O) groups excluding carboxylic acids is 3. The molecule has 0 fully saturated rings. The lowest BCUT2D eigenvalue weighted by atomic mass is 10.0. The fraction of sp³-hybridized carbons (Fsp3) is 0.400. The van der Waals surface area contributed by atoms with Crippen molar-refractivity contribution in [3.63, 3.8) is 0 Å². The van der Waals surface area contributed by atoms with Crippen molar-refractivity contribution >= 4 is 70.0 Å². The fourth-order valence-electron chi connectivity index (χ4n) is 3.63. The minimum absolute atomic E-state index is 0.0941. The summed E-state index contributed by atoms with van der Waals surface area (Å²) in [6.45, 7) is 10.9. The number of nitrogens with zero attached hydrogens (tertiary/aromatic N) is 2. The van der Waals surface area contributed by atoms with Gasteiger partial charge in [0.05, 0.1) is 6.20 Å². The number of hydrogen-bond donors (Lipinski definition) is 2. The summed E-state index contributed by atoms with van der Waals surface area (Å²) in [7, 11) is 0. The first-order valence-electron chi connectivity index (χ1n) is 13.4. The van der Waals surface area contributed by atoms with Crippen LogP contribution < -0.4 is 15.5 Å². The Balaban J connectivity index is 0.000000609. The second kappa shape index (κ2) is 16.8. The second-order valence-corrected chi connectivity index (χ2v) is 12.6. The maximum Gasteiger partial charge on any atom is 0.408 e. The molecule has 0 aliphatic heterocycles. The van der Waals surface area contributed by atoms with E-state index in [1.165, 1.54) is 11.1 Å². The van der Waals surface area contributed by atoms with E-state index in [0.29, 0.717) is 17.0 Å². The lowest BCUT2D eigenvalue weighted by Crippen LogP contribution is -2.52. The molecule has 2 aromatic carbocycles. The minimum Gasteiger partial charge on any atom is -0.444 e. The standard InChI is InChI=1S/C23H30Cl2N4O5.C7H6Cl2/c1-14(2)18(28-22(32)33-23(3,4)5)20(30)26-11-12-29(21(31)19(24)25)16-8-6-7-15(13-16)17-9-10-27-34-17;1-5-6(8)3-2-4-7(5)9/h6-10,13-14,18-19H,11-12H2,1-5H3,(H,26,30)(H,28,32);2-4H,1H3. The number of anilines is 1. The van der Waals surface area contributed by atoms with Gasteiger partial charge in [0.1, 0.15) is 11.6 Å². The zero-order valence-electron chi connectivity index (χ0n) is 24.8. The highest BCUT2D eigenvalue weighted by Gasteiger charge is 2.28. The van der Waals surface area contributed by atoms with Gasteiger partial charge in [-0.1, -0.05) is 83.6 Å². The highest BCUT2D eigenvalue weighted by Crippen LogP contribution is 2.26. The molecule has 0 saturated carbocycles. The van der Waals surface area contributed by atoms with Crippen molar-refractivity contribution in [3.05, 3.63) is 70.3 Å². The molecule has 1 heterocycles. The first-order valence-corrected chi connectivity index (χ1v) is 15.0. The number of alkyl carbamates (subject to hydrolysis) is 1. The van der Waals surface area contributed by atoms with Gasteiger partial charge in [-0.15, -0.1) is 0 Å². The summed E-state index contributed by atoms with van der Waals surface area (Å²) in [6, 6.07) is 13.4. The Hall–Kier alpha value is -2.98. The number of benzene rings is 2. The van der Waals surface area contributed by atoms with Gasteiger partial charge in [-0.25, -0.2) is 4.79 Å². The van der Waals surface area contributed by atoms with Crippen LogP contribution in [0, 0.1) is 12.8 Å². The zero-order valence-corrected chi connectivity index (χ0v) is 27.8. The number of carbonyl (C=O) groups is 3. The summed E-state index contributed by atoms with van der Waals surface area (Å²) < 4.78 is 10.4. The number of alkyl halides is 2. The summed E-state index contributed by atoms with van der Waals surface area (Å²) in [5.74, 6) is -0.612. The van der Waals surface area contributed by atoms with Crippen LogP contribution in [0.4, 0.5) is 10.5 Å². The van der Waals surface area contributed by atoms with E-state index in [4.69, 9.17) is 55.7 Å². The lowest BCUT2D eigenvalue weighted by Gasteiger charge is -2.26. The molecule has 0 aliphatic carbocycles. The second-order valence-electron chi connectivity index (χ2n) is 10.7. The maximum atomic E-state index is 12.8. The topological polar surface area (TPSA) is 114 Å². The molecule has 0 aliphatic rings. The predicted octanol–water partition coefficient (Wildman–Crippen LogP) is 7.45. The molecule has 0 saturated heterocycles. The highest BCUT2D eigenvalue weighted by molar-refractivity contribution is 6.54. The average Bonchev–Trinajstić information content (AvgIpc) is 3.47. The molecular weight excluding hydrogens is 638 g/mol. The molecule has 1 aromatic heterocycles. The molecule has 3 amide bonds. The Morgan fingerprint density at radius 3 is 2.16 bits per heavy atom. The van der Waals surface area contributed by atoms with E-state index < -0.39 is 34.4 Å². The van der Waals surface area contributed by atoms with Gasteiger partial charge in [0.15, 0.2) is 10.6 Å². The molecule has 0 radical (unpaired) electrons. The van der Waals surface area contributed by atoms with Crippen molar-refractivity contribution < 1.29 is 23.6 Å². The third-order valence-electron chi connectivity index (χ3n) is 5.79. The van der Waals surface area contributed by atoms with Crippen LogP contribution in [0.15, 0.2) is 59.3 Å². The predicted molar refractivity (Wildman–Crippen MR) is 172 cm³/mol. The Morgan fingerprint density at radius 1 is 1.02 bits per heavy atom. The van der Waals surface area contributed by atoms with E-state index in [-0.39, 0.29) is 19.0 Å². The van der Waals surface area contributed by atoms with Crippen LogP contribution >= 0.6 is 46.4 Å². The Bertz CT molecular complexity index is 1340. The number of nitrogens with one attached hydrogen (secondary N) is 2. The summed E-state index contributed by atoms with van der Waals surface area (Å²) in [4.78, 5) is 37.7. The third kappa shape index (κ3) is 11.9. The van der Waals surface area contributed by atoms with Gasteiger partial charge in [-0.3, -0.25) is 9.59 Å². The van der Waals surface area contributed by atoms with E-state index in [9.17, 15) is 14.4 Å². The Morgan fingerprint density at radius 2 is 1.65 bits per heavy atom. The summed E-state index contributed by atoms with van der Waals surface area (Å²) >= 11 is 23.2. The molecule has 13 heteroatoms. The van der Waals surface area contributed by atoms with Crippen molar-refractivity contribution in [2.75, 3.05) is 18.0 Å². The van der Waals surface area contributed by atoms with Crippen LogP contribution in [-0.2, 0) is 14.3 Å². The maximum absolute atomic E-state index is 12.8. The monoisotopic (exact) mass is 672 g/mol. The van der Waals surface area contributed by atoms with Crippen molar-refractivity contribution in [1.29, 1.82) is 0 Å². The van der Waals surface area contributed by atoms with Crippen LogP contribution in [-0.4, -0.2) is 52.6 Å². The SMILES string of the molecule is CC(C)C(NC(=O)OC(C)(C)C)C(=O)NCCN(C(=O)C(Cl)Cl)c1cccc(-c2ccno2)c1.Cc1c(Cl)cccc1Cl. The molecule has 1 unspecified atom stereocenters. The summed E-state index contributed by atoms with van der Waals surface area (Å²) in [6.07, 6.45) is 0.833. The molecule has 0 bridgehead atoms. The van der Waals surface area contributed by atoms with E-state index in [1.54, 1.807) is 58.9 Å². The van der Waals surface area contributed by atoms with E-state index >= 15 is 0 Å². The van der Waals surface area contributed by atoms with Gasteiger partial charge in [-0.05, 0) is 63.4 Å². The average molecular weight is 674 g/mol. The van der Waals surface area contributed by atoms with E-state index in [1.807, 2.05) is 31.2 Å². The zero-order chi connectivity index (χ0) is 32.3. The fourth-order valence-corrected chi connectivity index (χ4v) is 4.26. The lowest BCUT2D eigenvalue weighted by molar-refractivity contribution is -0.124. The minimum atomic E-state index is -1.29. The first-order chi connectivity index (χ1) is 20.1. The van der Waals surface area contributed by atoms with Crippen molar-refractivity contribution in [1.82, 2.24) is 15.8 Å². The largest absolute Gasteiger partial charge is 0.444 e. The van der Waals surface area contributed by atoms with Crippen molar-refractivity contribution in [3.8, 4) is 11.3 Å². The number of hydrogen-bond acceptors (Lipinski definition) is 6. The molecule has 9 nitrogen and oxygen atoms in total. The normalized spacial score (nSPS) is 11.8. The number of aromatic nitrogens is 1. The first kappa shape index (κ1) is 36.2. The van der Waals surface area contributed by atoms with Gasteiger partial charge in [0.25, 0.3) is 5.91 Å². The van der Waals surface area contributed by atoms with Gasteiger partial charge >= 0.3 is 6.09 Å². The molecule has 2 N–H and O–H groups in total. The van der Waals surface area contributed by atoms with Crippen molar-refractivity contribution in [2.24, 2.45) is 5.92 Å². The molecule has 3 rings (SSSR count). The van der Waals surface area contributed by atoms with Gasteiger partial charge in [0.2, 0.25) is 5.91 Å². The van der Waals surface area contributed by atoms with Crippen LogP contribution in [0.2, 0.25) is 10.0 Å². The smallest absolute Gasteiger partial charge is 0.408 e. The van der Waals surface area contributed by atoms with Crippen LogP contribution in [0.25, 0.3) is 11.3 Å². The van der Waals surface area contributed by atoms with Crippen LogP contribution in [0.1, 0.15) is 40.2 Å². The van der Waals surface area contributed by atoms with Crippen LogP contribution in [0.5, 0.6) is 0 Å². The van der Waals surface area contributed by atoms with Gasteiger partial charge in [0, 0.05) is 40.5 Å². The Kier molecular flexibility index (Phi) is 14.1. The number of ether oxygens (including phenoxy) is 1. The van der Waals surface area contributed by atoms with Gasteiger partial charge in [-0.2, -0.15) is 0 Å². The highest BCUT2D eigenvalue weighted by atomic mass is 35.5. The number of amides is 3.